The van der Waals surface area contributed by atoms with Gasteiger partial charge in [0.25, 0.3) is 10.9 Å². The SMILES string of the molecule is CCc1cc(C2([SH](=O)=O)CCCCC2)c([N+](=O)[O-])cc1C(=O)Cl. The molecule has 0 bridgehead atoms. The maximum Gasteiger partial charge on any atom is 0.274 e. The van der Waals surface area contributed by atoms with Gasteiger partial charge >= 0.3 is 0 Å². The van der Waals surface area contributed by atoms with E-state index in [1.807, 2.05) is 0 Å². The quantitative estimate of drug-likeness (QED) is 0.376. The maximum absolute atomic E-state index is 12.0. The van der Waals surface area contributed by atoms with Gasteiger partial charge in [0, 0.05) is 11.6 Å². The van der Waals surface area contributed by atoms with E-state index in [9.17, 15) is 23.3 Å². The Balaban J connectivity index is 2.78. The van der Waals surface area contributed by atoms with Crippen LogP contribution in [0.15, 0.2) is 12.1 Å². The van der Waals surface area contributed by atoms with Crippen molar-refractivity contribution in [2.24, 2.45) is 0 Å². The van der Waals surface area contributed by atoms with Crippen molar-refractivity contribution in [2.45, 2.75) is 50.2 Å². The summed E-state index contributed by atoms with van der Waals surface area (Å²) in [5.41, 5.74) is 0.452. The normalized spacial score (nSPS) is 17.2. The Kier molecular flexibility index (Phi) is 5.41. The Bertz CT molecular complexity index is 715. The first-order chi connectivity index (χ1) is 10.8. The lowest BCUT2D eigenvalue weighted by atomic mass is 9.81. The summed E-state index contributed by atoms with van der Waals surface area (Å²) in [6.07, 6.45) is 3.49. The third-order valence-corrected chi connectivity index (χ3v) is 6.13. The fourth-order valence-corrected chi connectivity index (χ4v) is 4.55. The summed E-state index contributed by atoms with van der Waals surface area (Å²) in [6, 6.07) is 2.61. The van der Waals surface area contributed by atoms with Gasteiger partial charge in [-0.25, -0.2) is 8.42 Å². The second-order valence-corrected chi connectivity index (χ2v) is 7.47. The van der Waals surface area contributed by atoms with Gasteiger partial charge in [-0.1, -0.05) is 26.2 Å². The van der Waals surface area contributed by atoms with Crippen LogP contribution >= 0.6 is 11.6 Å². The summed E-state index contributed by atoms with van der Waals surface area (Å²) < 4.78 is 22.8. The van der Waals surface area contributed by atoms with E-state index in [1.165, 1.54) is 6.07 Å². The van der Waals surface area contributed by atoms with Crippen molar-refractivity contribution in [2.75, 3.05) is 0 Å². The molecule has 0 aliphatic heterocycles. The molecule has 8 heteroatoms. The minimum absolute atomic E-state index is 0.0664. The van der Waals surface area contributed by atoms with Crippen molar-refractivity contribution in [3.05, 3.63) is 38.9 Å². The standard InChI is InChI=1S/C15H18ClNO5S/c1-2-10-8-12(13(17(19)20)9-11(10)14(16)18)15(23(21)22)6-4-3-5-7-15/h8-9,23H,2-7H2,1H3. The summed E-state index contributed by atoms with van der Waals surface area (Å²) in [5.74, 6) is 0. The average molecular weight is 360 g/mol. The molecule has 1 saturated carbocycles. The number of nitro benzene ring substituents is 1. The van der Waals surface area contributed by atoms with Crippen LogP contribution in [0.4, 0.5) is 5.69 Å². The fourth-order valence-electron chi connectivity index (χ4n) is 3.32. The second-order valence-electron chi connectivity index (χ2n) is 5.76. The number of nitrogens with zero attached hydrogens (tertiary/aromatic N) is 1. The summed E-state index contributed by atoms with van der Waals surface area (Å²) in [6.45, 7) is 1.79. The molecule has 1 aromatic rings. The molecular weight excluding hydrogens is 342 g/mol. The van der Waals surface area contributed by atoms with E-state index in [4.69, 9.17) is 11.6 Å². The van der Waals surface area contributed by atoms with Crippen LogP contribution < -0.4 is 0 Å². The molecule has 0 aromatic heterocycles. The summed E-state index contributed by atoms with van der Waals surface area (Å²) in [5, 5.41) is 10.7. The number of rotatable bonds is 5. The molecule has 0 amide bonds. The number of nitro groups is 1. The van der Waals surface area contributed by atoms with E-state index in [2.05, 4.69) is 0 Å². The monoisotopic (exact) mass is 359 g/mol. The smallest absolute Gasteiger partial charge is 0.274 e. The van der Waals surface area contributed by atoms with Crippen LogP contribution in [0.25, 0.3) is 0 Å². The van der Waals surface area contributed by atoms with E-state index in [0.717, 1.165) is 12.5 Å². The number of aryl methyl sites for hydroxylation is 1. The molecule has 0 atom stereocenters. The molecule has 0 heterocycles. The van der Waals surface area contributed by atoms with Gasteiger partial charge in [-0.2, -0.15) is 0 Å². The van der Waals surface area contributed by atoms with E-state index >= 15 is 0 Å². The highest BCUT2D eigenvalue weighted by molar-refractivity contribution is 7.73. The van der Waals surface area contributed by atoms with E-state index in [0.29, 0.717) is 37.7 Å². The molecule has 0 N–H and O–H groups in total. The van der Waals surface area contributed by atoms with Crippen molar-refractivity contribution in [3.63, 3.8) is 0 Å². The van der Waals surface area contributed by atoms with Gasteiger partial charge in [0.05, 0.1) is 10.5 Å². The first kappa shape index (κ1) is 17.9. The van der Waals surface area contributed by atoms with Crippen molar-refractivity contribution in [3.8, 4) is 0 Å². The van der Waals surface area contributed by atoms with Crippen molar-refractivity contribution in [1.82, 2.24) is 0 Å². The molecular formula is C15H18ClNO5S. The predicted octanol–water partition coefficient (Wildman–Crippen LogP) is 3.31. The predicted molar refractivity (Wildman–Crippen MR) is 87.7 cm³/mol. The van der Waals surface area contributed by atoms with Crippen molar-refractivity contribution >= 4 is 33.2 Å². The minimum atomic E-state index is -2.88. The molecule has 0 saturated heterocycles. The summed E-state index contributed by atoms with van der Waals surface area (Å²) >= 11 is 5.52. The molecule has 1 aliphatic rings. The Morgan fingerprint density at radius 1 is 1.30 bits per heavy atom. The lowest BCUT2D eigenvalue weighted by Crippen LogP contribution is -2.32. The highest BCUT2D eigenvalue weighted by Crippen LogP contribution is 2.45. The van der Waals surface area contributed by atoms with Gasteiger partial charge in [0.1, 0.15) is 15.5 Å². The fraction of sp³-hybridized carbons (Fsp3) is 0.533. The summed E-state index contributed by atoms with van der Waals surface area (Å²) in [7, 11) is -2.88. The lowest BCUT2D eigenvalue weighted by molar-refractivity contribution is -0.385. The van der Waals surface area contributed by atoms with Crippen LogP contribution in [0.1, 0.15) is 60.5 Å². The largest absolute Gasteiger partial charge is 0.276 e. The van der Waals surface area contributed by atoms with Crippen LogP contribution in [-0.4, -0.2) is 18.6 Å². The molecule has 1 aromatic carbocycles. The number of thiol groups is 1. The third kappa shape index (κ3) is 3.26. The zero-order valence-corrected chi connectivity index (χ0v) is 14.4. The molecule has 0 spiro atoms. The van der Waals surface area contributed by atoms with Gasteiger partial charge in [-0.3, -0.25) is 14.9 Å². The molecule has 0 radical (unpaired) electrons. The Morgan fingerprint density at radius 3 is 2.35 bits per heavy atom. The highest BCUT2D eigenvalue weighted by atomic mass is 35.5. The van der Waals surface area contributed by atoms with Crippen LogP contribution in [0.3, 0.4) is 0 Å². The van der Waals surface area contributed by atoms with Crippen molar-refractivity contribution < 1.29 is 18.1 Å². The number of hydrogen-bond donors (Lipinski definition) is 1. The van der Waals surface area contributed by atoms with Crippen LogP contribution in [0, 0.1) is 10.1 Å². The molecule has 1 fully saturated rings. The number of halogens is 1. The number of carbonyl (C=O) groups is 1. The number of carbonyl (C=O) groups excluding carboxylic acids is 1. The van der Waals surface area contributed by atoms with E-state index in [1.54, 1.807) is 6.92 Å². The van der Waals surface area contributed by atoms with Crippen LogP contribution in [0.5, 0.6) is 0 Å². The Morgan fingerprint density at radius 2 is 1.91 bits per heavy atom. The number of hydrogen-bond acceptors (Lipinski definition) is 5. The molecule has 126 valence electrons. The minimum Gasteiger partial charge on any atom is -0.276 e. The Labute approximate surface area is 140 Å². The lowest BCUT2D eigenvalue weighted by Gasteiger charge is -2.32. The molecule has 23 heavy (non-hydrogen) atoms. The summed E-state index contributed by atoms with van der Waals surface area (Å²) in [4.78, 5) is 22.4. The van der Waals surface area contributed by atoms with E-state index in [-0.39, 0.29) is 16.8 Å². The van der Waals surface area contributed by atoms with Crippen LogP contribution in [-0.2, 0) is 21.9 Å². The van der Waals surface area contributed by atoms with Gasteiger partial charge in [-0.15, -0.1) is 0 Å². The first-order valence-electron chi connectivity index (χ1n) is 7.49. The third-order valence-electron chi connectivity index (χ3n) is 4.54. The molecule has 0 unspecified atom stereocenters. The molecule has 2 rings (SSSR count). The van der Waals surface area contributed by atoms with E-state index < -0.39 is 25.6 Å². The van der Waals surface area contributed by atoms with Gasteiger partial charge in [0.15, 0.2) is 0 Å². The zero-order valence-electron chi connectivity index (χ0n) is 12.7. The van der Waals surface area contributed by atoms with Gasteiger partial charge in [0.2, 0.25) is 0 Å². The molecule has 6 nitrogen and oxygen atoms in total. The Hall–Kier alpha value is -1.47. The van der Waals surface area contributed by atoms with Crippen LogP contribution in [0.2, 0.25) is 0 Å². The van der Waals surface area contributed by atoms with Gasteiger partial charge < -0.3 is 0 Å². The number of benzene rings is 1. The maximum atomic E-state index is 12.0. The molecule has 1 aliphatic carbocycles. The average Bonchev–Trinajstić information content (AvgIpc) is 2.53. The topological polar surface area (TPSA) is 94.3 Å². The second kappa shape index (κ2) is 6.97. The van der Waals surface area contributed by atoms with Gasteiger partial charge in [-0.05, 0) is 42.5 Å². The highest BCUT2D eigenvalue weighted by Gasteiger charge is 2.42. The first-order valence-corrected chi connectivity index (χ1v) is 9.05. The zero-order chi connectivity index (χ0) is 17.2. The van der Waals surface area contributed by atoms with Crippen molar-refractivity contribution in [1.29, 1.82) is 0 Å².